The Labute approximate surface area is 285 Å². The van der Waals surface area contributed by atoms with Crippen molar-refractivity contribution in [3.63, 3.8) is 0 Å². The molecule has 7 rings (SSSR count). The van der Waals surface area contributed by atoms with Gasteiger partial charge in [0.05, 0.1) is 12.3 Å². The van der Waals surface area contributed by atoms with Crippen molar-refractivity contribution in [2.45, 2.75) is 70.1 Å². The number of hydrogen-bond donors (Lipinski definition) is 1. The molecule has 1 saturated carbocycles. The summed E-state index contributed by atoms with van der Waals surface area (Å²) in [7, 11) is -1.96. The van der Waals surface area contributed by atoms with Crippen LogP contribution in [-0.4, -0.2) is 55.0 Å². The Morgan fingerprint density at radius 2 is 1.83 bits per heavy atom. The van der Waals surface area contributed by atoms with Gasteiger partial charge in [0.2, 0.25) is 0 Å². The van der Waals surface area contributed by atoms with E-state index in [1.165, 1.54) is 24.0 Å². The minimum atomic E-state index is -1.96. The Morgan fingerprint density at radius 1 is 1.02 bits per heavy atom. The molecular formula is C37H46ClN4O4S-. The van der Waals surface area contributed by atoms with E-state index in [0.29, 0.717) is 55.4 Å². The minimum Gasteiger partial charge on any atom is -0.491 e. The fourth-order valence-electron chi connectivity index (χ4n) is 8.09. The number of allylic oxidation sites excluding steroid dienone is 2. The number of nitrogens with zero attached hydrogens (tertiary/aromatic N) is 3. The highest BCUT2D eigenvalue weighted by Gasteiger charge is 2.38. The Morgan fingerprint density at radius 3 is 2.62 bits per heavy atom. The summed E-state index contributed by atoms with van der Waals surface area (Å²) in [5.74, 6) is 2.36. The molecule has 1 saturated heterocycles. The van der Waals surface area contributed by atoms with Gasteiger partial charge in [-0.1, -0.05) is 43.7 Å². The van der Waals surface area contributed by atoms with E-state index in [0.717, 1.165) is 55.2 Å². The van der Waals surface area contributed by atoms with E-state index in [1.54, 1.807) is 11.0 Å². The molecule has 2 aliphatic carbocycles. The van der Waals surface area contributed by atoms with Gasteiger partial charge in [0.25, 0.3) is 5.91 Å². The number of hydrogen-bond acceptors (Lipinski definition) is 6. The van der Waals surface area contributed by atoms with Gasteiger partial charge in [-0.05, 0) is 115 Å². The molecule has 3 unspecified atom stereocenters. The van der Waals surface area contributed by atoms with E-state index in [1.807, 2.05) is 25.1 Å². The van der Waals surface area contributed by atoms with Gasteiger partial charge in [0.1, 0.15) is 5.75 Å². The SMILES string of the molecule is CCC1CN(C(=O)NC2[C@@H](C)C/C=C/C[C@@H]3CC[C@H]3CN3CC4c5ccc(Cl)cc5CCC4COc4ccc(cc43)C(=O)N=[S-]2=O)C1. The zero-order valence-corrected chi connectivity index (χ0v) is 29.0. The van der Waals surface area contributed by atoms with Crippen LogP contribution in [0.1, 0.15) is 79.8 Å². The van der Waals surface area contributed by atoms with Crippen LogP contribution in [0, 0.1) is 29.6 Å². The summed E-state index contributed by atoms with van der Waals surface area (Å²) in [6.45, 7) is 7.82. The first-order valence-corrected chi connectivity index (χ1v) is 19.0. The number of halogens is 1. The van der Waals surface area contributed by atoms with Crippen LogP contribution in [0.15, 0.2) is 52.9 Å². The van der Waals surface area contributed by atoms with Crippen molar-refractivity contribution >= 4 is 39.8 Å². The molecular weight excluding hydrogens is 632 g/mol. The number of urea groups is 1. The summed E-state index contributed by atoms with van der Waals surface area (Å²) in [5, 5.41) is 2.98. The molecule has 6 atom stereocenters. The van der Waals surface area contributed by atoms with E-state index < -0.39 is 21.9 Å². The molecule has 2 aromatic rings. The van der Waals surface area contributed by atoms with Crippen LogP contribution >= 0.6 is 11.6 Å². The number of rotatable bonds is 2. The number of carbonyl (C=O) groups excluding carboxylic acids is 2. The predicted molar refractivity (Wildman–Crippen MR) is 186 cm³/mol. The van der Waals surface area contributed by atoms with Gasteiger partial charge >= 0.3 is 6.03 Å². The molecule has 2 bridgehead atoms. The lowest BCUT2D eigenvalue weighted by Gasteiger charge is -2.45. The van der Waals surface area contributed by atoms with Crippen molar-refractivity contribution < 1.29 is 18.5 Å². The van der Waals surface area contributed by atoms with E-state index in [9.17, 15) is 13.8 Å². The van der Waals surface area contributed by atoms with Gasteiger partial charge in [0, 0.05) is 48.6 Å². The van der Waals surface area contributed by atoms with Crippen LogP contribution in [0.4, 0.5) is 10.5 Å². The lowest BCUT2D eigenvalue weighted by atomic mass is 9.71. The molecule has 3 amide bonds. The second-order valence-corrected chi connectivity index (χ2v) is 16.1. The number of likely N-dealkylation sites (tertiary alicyclic amines) is 1. The van der Waals surface area contributed by atoms with Crippen LogP contribution < -0.4 is 15.0 Å². The number of aryl methyl sites for hydroxylation is 1. The third kappa shape index (κ3) is 6.80. The van der Waals surface area contributed by atoms with Crippen LogP contribution in [0.2, 0.25) is 5.02 Å². The Bertz CT molecular complexity index is 1630. The summed E-state index contributed by atoms with van der Waals surface area (Å²) in [5.41, 5.74) is 3.94. The molecule has 0 spiro atoms. The quantitative estimate of drug-likeness (QED) is 0.262. The average Bonchev–Trinajstić information content (AvgIpc) is 3.02. The Kier molecular flexibility index (Phi) is 9.56. The monoisotopic (exact) mass is 677 g/mol. The molecule has 2 fully saturated rings. The lowest BCUT2D eigenvalue weighted by Crippen LogP contribution is -2.56. The van der Waals surface area contributed by atoms with Gasteiger partial charge in [0.15, 0.2) is 0 Å². The summed E-state index contributed by atoms with van der Waals surface area (Å²) >= 11 is 6.41. The van der Waals surface area contributed by atoms with Gasteiger partial charge < -0.3 is 28.4 Å². The van der Waals surface area contributed by atoms with Crippen LogP contribution in [0.3, 0.4) is 0 Å². The highest BCUT2D eigenvalue weighted by Crippen LogP contribution is 2.45. The summed E-state index contributed by atoms with van der Waals surface area (Å²) < 4.78 is 24.5. The molecule has 47 heavy (non-hydrogen) atoms. The molecule has 3 aliphatic heterocycles. The Hall–Kier alpha value is -3.04. The van der Waals surface area contributed by atoms with Crippen molar-refractivity contribution in [2.75, 3.05) is 37.7 Å². The maximum absolute atomic E-state index is 13.7. The third-order valence-corrected chi connectivity index (χ3v) is 13.0. The van der Waals surface area contributed by atoms with Crippen molar-refractivity contribution in [2.24, 2.45) is 34.0 Å². The fraction of sp³-hybridized carbons (Fsp3) is 0.568. The largest absolute Gasteiger partial charge is 0.491 e. The first-order valence-electron chi connectivity index (χ1n) is 17.4. The highest BCUT2D eigenvalue weighted by atomic mass is 35.5. The zero-order valence-electron chi connectivity index (χ0n) is 27.4. The molecule has 8 nitrogen and oxygen atoms in total. The van der Waals surface area contributed by atoms with E-state index in [2.05, 4.69) is 45.8 Å². The fourth-order valence-corrected chi connectivity index (χ4v) is 9.37. The molecule has 1 N–H and O–H groups in total. The van der Waals surface area contributed by atoms with Gasteiger partial charge in [-0.2, -0.15) is 10.6 Å². The number of fused-ring (bicyclic) bond motifs is 5. The number of ether oxygens (including phenoxy) is 1. The number of carbonyl (C=O) groups is 2. The van der Waals surface area contributed by atoms with Gasteiger partial charge in [-0.3, -0.25) is 4.79 Å². The molecule has 0 aromatic heterocycles. The number of amides is 3. The first kappa shape index (κ1) is 32.5. The average molecular weight is 678 g/mol. The minimum absolute atomic E-state index is 0.165. The molecule has 3 heterocycles. The van der Waals surface area contributed by atoms with E-state index >= 15 is 0 Å². The standard InChI is InChI=1S/C37H46ClN4O4S/c1-3-24-18-42(19-24)37(44)39-36-23(2)6-4-5-7-25-8-10-28(25)20-41-21-32-29(11-9-26-16-30(38)13-14-31(26)32)22-46-34-15-12-27(17-33(34)41)35(43)40-47(36)45/h4-5,12-17,23-25,28-29,32,36H,3,6-11,18-22H2,1-2H3,(H,39,44)/q-1/b5-4+/t23-,25+,28-,29?,32?,36?/m0/s1. The van der Waals surface area contributed by atoms with Gasteiger partial charge in [-0.25, -0.2) is 4.79 Å². The van der Waals surface area contributed by atoms with E-state index in [4.69, 9.17) is 16.3 Å². The molecule has 0 radical (unpaired) electrons. The van der Waals surface area contributed by atoms with Crippen molar-refractivity contribution in [1.29, 1.82) is 0 Å². The van der Waals surface area contributed by atoms with Crippen molar-refractivity contribution in [3.8, 4) is 5.75 Å². The lowest BCUT2D eigenvalue weighted by molar-refractivity contribution is 0.100. The second kappa shape index (κ2) is 13.8. The zero-order chi connectivity index (χ0) is 32.7. The summed E-state index contributed by atoms with van der Waals surface area (Å²) in [4.78, 5) is 30.9. The van der Waals surface area contributed by atoms with E-state index in [-0.39, 0.29) is 17.9 Å². The van der Waals surface area contributed by atoms with Crippen molar-refractivity contribution in [1.82, 2.24) is 10.2 Å². The molecule has 5 aliphatic rings. The summed E-state index contributed by atoms with van der Waals surface area (Å²) in [6, 6.07) is 11.6. The van der Waals surface area contributed by atoms with Crippen LogP contribution in [0.25, 0.3) is 0 Å². The first-order chi connectivity index (χ1) is 22.8. The number of benzene rings is 2. The Balaban J connectivity index is 1.22. The normalized spacial score (nSPS) is 30.5. The smallest absolute Gasteiger partial charge is 0.316 e. The van der Waals surface area contributed by atoms with Crippen molar-refractivity contribution in [3.05, 3.63) is 70.3 Å². The topological polar surface area (TPSA) is 91.3 Å². The van der Waals surface area contributed by atoms with Gasteiger partial charge in [-0.15, -0.1) is 0 Å². The maximum atomic E-state index is 13.7. The summed E-state index contributed by atoms with van der Waals surface area (Å²) in [6.07, 6.45) is 11.5. The third-order valence-electron chi connectivity index (χ3n) is 11.4. The maximum Gasteiger partial charge on any atom is 0.316 e. The van der Waals surface area contributed by atoms with Crippen LogP contribution in [-0.2, 0) is 21.2 Å². The number of anilines is 1. The molecule has 2 aromatic carbocycles. The molecule has 10 heteroatoms. The second-order valence-electron chi connectivity index (χ2n) is 14.4. The number of nitrogens with one attached hydrogen (secondary N) is 1. The highest BCUT2D eigenvalue weighted by molar-refractivity contribution is 7.75. The predicted octanol–water partition coefficient (Wildman–Crippen LogP) is 7.56. The molecule has 252 valence electrons. The van der Waals surface area contributed by atoms with Crippen LogP contribution in [0.5, 0.6) is 5.75 Å².